The molecule has 0 saturated carbocycles. The third kappa shape index (κ3) is 20.7. The summed E-state index contributed by atoms with van der Waals surface area (Å²) >= 11 is 0. The van der Waals surface area contributed by atoms with Crippen molar-refractivity contribution < 1.29 is 38.7 Å². The Morgan fingerprint density at radius 2 is 1.10 bits per heavy atom. The van der Waals surface area contributed by atoms with Crippen LogP contribution in [0.3, 0.4) is 0 Å². The van der Waals surface area contributed by atoms with Gasteiger partial charge in [0.1, 0.15) is 0 Å². The number of carbonyl (C=O) groups excluding carboxylic acids is 2. The normalized spacial score (nSPS) is 12.1. The fourth-order valence-electron chi connectivity index (χ4n) is 2.23. The summed E-state index contributed by atoms with van der Waals surface area (Å²) in [5, 5.41) is 18.4. The molecule has 0 bridgehead atoms. The van der Waals surface area contributed by atoms with Crippen LogP contribution in [0.4, 0.5) is 0 Å². The molecule has 0 heterocycles. The molecule has 0 aromatic rings. The third-order valence-electron chi connectivity index (χ3n) is 3.91. The first-order valence-electron chi connectivity index (χ1n) is 9.99. The van der Waals surface area contributed by atoms with E-state index < -0.39 is 12.2 Å². The second-order valence-electron chi connectivity index (χ2n) is 6.40. The summed E-state index contributed by atoms with van der Waals surface area (Å²) in [5.41, 5.74) is 0. The number of hydrogen-bond acceptors (Lipinski definition) is 8. The van der Waals surface area contributed by atoms with Gasteiger partial charge in [-0.2, -0.15) is 0 Å². The van der Waals surface area contributed by atoms with Crippen molar-refractivity contribution in [2.75, 3.05) is 65.8 Å². The van der Waals surface area contributed by atoms with E-state index in [1.165, 1.54) is 13.8 Å². The van der Waals surface area contributed by atoms with Crippen LogP contribution in [0.2, 0.25) is 0 Å². The smallest absolute Gasteiger partial charge is 0.219 e. The number of likely N-dealkylation sites (N-methyl/N-ethyl adjacent to an activating group) is 2. The third-order valence-corrected chi connectivity index (χ3v) is 3.91. The molecule has 2 amide bonds. The van der Waals surface area contributed by atoms with Crippen molar-refractivity contribution >= 4 is 11.8 Å². The quantitative estimate of drug-likeness (QED) is 0.172. The molecule has 2 N–H and O–H groups in total. The molecular formula is C20H40N2O8Rf-2. The Bertz CT molecular complexity index is 394. The predicted molar refractivity (Wildman–Crippen MR) is 112 cm³/mol. The number of aliphatic hydroxyl groups excluding tert-OH is 2. The summed E-state index contributed by atoms with van der Waals surface area (Å²) in [6.45, 7) is 10.8. The van der Waals surface area contributed by atoms with Crippen LogP contribution in [-0.2, 0) is 28.5 Å². The van der Waals surface area contributed by atoms with E-state index >= 15 is 0 Å². The molecule has 0 aliphatic rings. The minimum Gasteiger partial charge on any atom is -0.553 e. The largest absolute Gasteiger partial charge is 0.553 e. The molecule has 10 nitrogen and oxygen atoms in total. The Morgan fingerprint density at radius 3 is 1.32 bits per heavy atom. The number of hydrogen-bond donors (Lipinski definition) is 2. The van der Waals surface area contributed by atoms with Gasteiger partial charge in [-0.15, -0.1) is 0 Å². The Kier molecular flexibility index (Phi) is 24.1. The standard InChI is InChI=1S/2C10H20NO4.Rf/c2*1-4-11(9(2)12)5-6-15-8-10(13)7-14-3;/h2*10,13H,3-8H2,1-2H3;/q2*-1;. The minimum atomic E-state index is -0.657. The van der Waals surface area contributed by atoms with Gasteiger partial charge >= 0.3 is 0 Å². The number of rotatable bonds is 16. The van der Waals surface area contributed by atoms with Crippen molar-refractivity contribution in [3.05, 3.63) is 14.2 Å². The zero-order valence-corrected chi connectivity index (χ0v) is 26.0. The van der Waals surface area contributed by atoms with Crippen LogP contribution in [-0.4, -0.2) is 110 Å². The van der Waals surface area contributed by atoms with Gasteiger partial charge in [-0.25, -0.2) is 14.2 Å². The summed E-state index contributed by atoms with van der Waals surface area (Å²) < 4.78 is 19.4. The predicted octanol–water partition coefficient (Wildman–Crippen LogP) is 0.0810. The van der Waals surface area contributed by atoms with Crippen LogP contribution < -0.4 is 0 Å². The average Bonchev–Trinajstić information content (AvgIpc) is 2.68. The van der Waals surface area contributed by atoms with E-state index in [9.17, 15) is 19.8 Å². The molecule has 0 aromatic heterocycles. The van der Waals surface area contributed by atoms with Gasteiger partial charge in [0, 0.05) is 53.2 Å². The number of carbonyl (C=O) groups is 2. The van der Waals surface area contributed by atoms with Crippen molar-refractivity contribution in [1.82, 2.24) is 9.80 Å². The minimum absolute atomic E-state index is 0. The second-order valence-corrected chi connectivity index (χ2v) is 6.40. The van der Waals surface area contributed by atoms with Crippen molar-refractivity contribution in [1.29, 1.82) is 0 Å². The van der Waals surface area contributed by atoms with Crippen LogP contribution in [0.1, 0.15) is 27.7 Å². The zero-order chi connectivity index (χ0) is 23.4. The van der Waals surface area contributed by atoms with Gasteiger partial charge in [0.05, 0.1) is 38.6 Å². The van der Waals surface area contributed by atoms with E-state index in [1.807, 2.05) is 13.8 Å². The van der Waals surface area contributed by atoms with Crippen LogP contribution >= 0.6 is 0 Å². The Labute approximate surface area is 181 Å². The van der Waals surface area contributed by atoms with Crippen molar-refractivity contribution in [2.24, 2.45) is 0 Å². The average molecular weight is 704 g/mol. The number of ether oxygens (including phenoxy) is 4. The molecule has 0 aliphatic heterocycles. The Balaban J connectivity index is -0.000000490. The fourth-order valence-corrected chi connectivity index (χ4v) is 2.23. The summed E-state index contributed by atoms with van der Waals surface area (Å²) in [4.78, 5) is 25.3. The van der Waals surface area contributed by atoms with Gasteiger partial charge in [-0.3, -0.25) is 9.59 Å². The van der Waals surface area contributed by atoms with E-state index in [4.69, 9.17) is 9.47 Å². The van der Waals surface area contributed by atoms with Gasteiger partial charge in [-0.05, 0) is 13.8 Å². The van der Waals surface area contributed by atoms with Gasteiger partial charge in [0.2, 0.25) is 11.8 Å². The SMILES string of the molecule is [CH2-]OCC(O)COCCN(CC)C(C)=O.[CH2-]OCC(O)COCCN(CC)C(C)=O.[Rf]. The maximum absolute atomic E-state index is 11.0. The summed E-state index contributed by atoms with van der Waals surface area (Å²) in [6, 6.07) is 0. The van der Waals surface area contributed by atoms with E-state index in [0.717, 1.165) is 0 Å². The molecule has 0 rings (SSSR count). The molecule has 0 aliphatic carbocycles. The van der Waals surface area contributed by atoms with Crippen molar-refractivity contribution in [3.63, 3.8) is 0 Å². The molecule has 182 valence electrons. The molecule has 11 heteroatoms. The van der Waals surface area contributed by atoms with E-state index in [-0.39, 0.29) is 38.2 Å². The molecule has 0 fully saturated rings. The molecule has 0 aromatic carbocycles. The molecule has 2 atom stereocenters. The van der Waals surface area contributed by atoms with Gasteiger partial charge in [0.25, 0.3) is 0 Å². The topological polar surface area (TPSA) is 118 Å². The van der Waals surface area contributed by atoms with Crippen LogP contribution in [0.25, 0.3) is 0 Å². The summed E-state index contributed by atoms with van der Waals surface area (Å²) in [6.07, 6.45) is -1.31. The molecule has 31 heavy (non-hydrogen) atoms. The molecular weight excluding hydrogens is 663 g/mol. The van der Waals surface area contributed by atoms with Crippen molar-refractivity contribution in [2.45, 2.75) is 39.9 Å². The Hall–Kier alpha value is -2.30. The van der Waals surface area contributed by atoms with Crippen molar-refractivity contribution in [3.8, 4) is 0 Å². The molecule has 2 unspecified atom stereocenters. The van der Waals surface area contributed by atoms with E-state index in [2.05, 4.69) is 23.7 Å². The number of nitrogens with zero attached hydrogens (tertiary/aromatic N) is 2. The van der Waals surface area contributed by atoms with E-state index in [0.29, 0.717) is 39.4 Å². The number of amides is 2. The van der Waals surface area contributed by atoms with Gasteiger partial charge < -0.3 is 39.0 Å². The Morgan fingerprint density at radius 1 is 0.774 bits per heavy atom. The van der Waals surface area contributed by atoms with Crippen LogP contribution in [0.5, 0.6) is 0 Å². The van der Waals surface area contributed by atoms with Gasteiger partial charge in [0.15, 0.2) is 0 Å². The molecule has 0 radical (unpaired) electrons. The first-order chi connectivity index (χ1) is 14.2. The first-order valence-corrected chi connectivity index (χ1v) is 9.99. The maximum Gasteiger partial charge on any atom is 0.219 e. The van der Waals surface area contributed by atoms with Gasteiger partial charge in [-0.1, -0.05) is 0 Å². The fraction of sp³-hybridized carbons (Fsp3) is 0.800. The van der Waals surface area contributed by atoms with E-state index in [1.54, 1.807) is 9.80 Å². The monoisotopic (exact) mass is 703 g/mol. The second kappa shape index (κ2) is 22.4. The first kappa shape index (κ1) is 33.3. The van der Waals surface area contributed by atoms with Crippen LogP contribution in [0, 0.1) is 14.2 Å². The summed E-state index contributed by atoms with van der Waals surface area (Å²) in [5.74, 6) is 0.0606. The van der Waals surface area contributed by atoms with Crippen LogP contribution in [0.15, 0.2) is 0 Å². The molecule has 0 saturated heterocycles. The molecule has 0 spiro atoms. The number of aliphatic hydroxyl groups is 2. The summed E-state index contributed by atoms with van der Waals surface area (Å²) in [7, 11) is 6.30. The zero-order valence-electron chi connectivity index (χ0n) is 19.6. The maximum atomic E-state index is 11.0.